The molecule has 1 saturated heterocycles. The van der Waals surface area contributed by atoms with E-state index >= 15 is 0 Å². The van der Waals surface area contributed by atoms with Gasteiger partial charge in [-0.05, 0) is 54.8 Å². The average molecular weight is 463 g/mol. The molecule has 9 heteroatoms. The molecular weight excluding hydrogens is 440 g/mol. The number of aliphatic carboxylic acids is 1. The molecule has 2 aromatic rings. The SMILES string of the molecule is CCOc1cc(/C=C2\S[C@H](Nc3ccc(CC)cc3)NC2=O)cc(Cl)c1OCC(=O)O. The van der Waals surface area contributed by atoms with Crippen molar-refractivity contribution >= 4 is 47.0 Å². The van der Waals surface area contributed by atoms with Gasteiger partial charge in [0.1, 0.15) is 0 Å². The van der Waals surface area contributed by atoms with E-state index in [0.29, 0.717) is 22.8 Å². The maximum Gasteiger partial charge on any atom is 0.341 e. The molecule has 1 amide bonds. The van der Waals surface area contributed by atoms with Gasteiger partial charge in [-0.25, -0.2) is 4.79 Å². The molecule has 0 saturated carbocycles. The van der Waals surface area contributed by atoms with Crippen molar-refractivity contribution in [3.63, 3.8) is 0 Å². The summed E-state index contributed by atoms with van der Waals surface area (Å²) in [5.74, 6) is -0.844. The van der Waals surface area contributed by atoms with Crippen LogP contribution in [0.4, 0.5) is 5.69 Å². The van der Waals surface area contributed by atoms with Gasteiger partial charge in [-0.1, -0.05) is 42.4 Å². The molecule has 0 aliphatic carbocycles. The quantitative estimate of drug-likeness (QED) is 0.476. The minimum Gasteiger partial charge on any atom is -0.490 e. The van der Waals surface area contributed by atoms with Crippen LogP contribution < -0.4 is 20.1 Å². The Morgan fingerprint density at radius 2 is 2.00 bits per heavy atom. The summed E-state index contributed by atoms with van der Waals surface area (Å²) in [5.41, 5.74) is 2.50. The number of thioether (sulfide) groups is 1. The zero-order valence-corrected chi connectivity index (χ0v) is 18.7. The van der Waals surface area contributed by atoms with Gasteiger partial charge in [0, 0.05) is 5.69 Å². The lowest BCUT2D eigenvalue weighted by Gasteiger charge is -2.13. The van der Waals surface area contributed by atoms with Crippen LogP contribution in [-0.2, 0) is 16.0 Å². The largest absolute Gasteiger partial charge is 0.490 e. The number of carboxylic acid groups (broad SMARTS) is 1. The van der Waals surface area contributed by atoms with Crippen LogP contribution in [0.3, 0.4) is 0 Å². The first-order chi connectivity index (χ1) is 14.9. The average Bonchev–Trinajstić information content (AvgIpc) is 3.06. The number of rotatable bonds is 9. The van der Waals surface area contributed by atoms with Crippen LogP contribution in [0.25, 0.3) is 6.08 Å². The number of amides is 1. The first-order valence-corrected chi connectivity index (χ1v) is 11.0. The van der Waals surface area contributed by atoms with Gasteiger partial charge in [0.2, 0.25) is 0 Å². The third-order valence-corrected chi connectivity index (χ3v) is 5.67. The first kappa shape index (κ1) is 22.8. The number of anilines is 1. The Kier molecular flexibility index (Phi) is 7.70. The molecule has 0 bridgehead atoms. The summed E-state index contributed by atoms with van der Waals surface area (Å²) in [5, 5.41) is 15.2. The Balaban J connectivity index is 1.76. The van der Waals surface area contributed by atoms with Crippen molar-refractivity contribution in [2.24, 2.45) is 0 Å². The molecule has 7 nitrogen and oxygen atoms in total. The number of ether oxygens (including phenoxy) is 2. The van der Waals surface area contributed by atoms with E-state index in [9.17, 15) is 9.59 Å². The van der Waals surface area contributed by atoms with Crippen LogP contribution >= 0.6 is 23.4 Å². The number of nitrogens with one attached hydrogen (secondary N) is 2. The number of benzene rings is 2. The van der Waals surface area contributed by atoms with Gasteiger partial charge in [0.15, 0.2) is 23.6 Å². The highest BCUT2D eigenvalue weighted by Gasteiger charge is 2.27. The van der Waals surface area contributed by atoms with Gasteiger partial charge in [-0.15, -0.1) is 0 Å². The summed E-state index contributed by atoms with van der Waals surface area (Å²) < 4.78 is 10.8. The second kappa shape index (κ2) is 10.5. The van der Waals surface area contributed by atoms with Crippen LogP contribution in [0.1, 0.15) is 25.0 Å². The molecular formula is C22H23ClN2O5S. The highest BCUT2D eigenvalue weighted by molar-refractivity contribution is 8.05. The fourth-order valence-electron chi connectivity index (χ4n) is 2.91. The zero-order valence-electron chi connectivity index (χ0n) is 17.1. The summed E-state index contributed by atoms with van der Waals surface area (Å²) in [6.45, 7) is 3.70. The van der Waals surface area contributed by atoms with Crippen molar-refractivity contribution in [2.75, 3.05) is 18.5 Å². The number of hydrogen-bond donors (Lipinski definition) is 3. The van der Waals surface area contributed by atoms with E-state index in [1.54, 1.807) is 25.1 Å². The fraction of sp³-hybridized carbons (Fsp3) is 0.273. The highest BCUT2D eigenvalue weighted by Crippen LogP contribution is 2.38. The standard InChI is InChI=1S/C22H23ClN2O5S/c1-3-13-5-7-15(8-6-13)24-22-25-21(28)18(31-22)11-14-9-16(23)20(30-12-19(26)27)17(10-14)29-4-2/h5-11,22,24H,3-4,12H2,1-2H3,(H,25,28)(H,26,27)/b18-11-/t22-/m1/s1. The van der Waals surface area contributed by atoms with E-state index in [1.807, 2.05) is 24.3 Å². The summed E-state index contributed by atoms with van der Waals surface area (Å²) in [7, 11) is 0. The minimum absolute atomic E-state index is 0.159. The topological polar surface area (TPSA) is 96.9 Å². The lowest BCUT2D eigenvalue weighted by atomic mass is 10.1. The minimum atomic E-state index is -1.12. The number of carbonyl (C=O) groups is 2. The van der Waals surface area contributed by atoms with E-state index in [1.165, 1.54) is 17.3 Å². The molecule has 1 heterocycles. The summed E-state index contributed by atoms with van der Waals surface area (Å²) in [6, 6.07) is 11.3. The van der Waals surface area contributed by atoms with Crippen molar-refractivity contribution in [2.45, 2.75) is 25.8 Å². The lowest BCUT2D eigenvalue weighted by Crippen LogP contribution is -2.30. The van der Waals surface area contributed by atoms with Gasteiger partial charge >= 0.3 is 5.97 Å². The molecule has 164 valence electrons. The molecule has 1 aliphatic heterocycles. The van der Waals surface area contributed by atoms with Crippen LogP contribution in [0, 0.1) is 0 Å². The Hall–Kier alpha value is -2.84. The van der Waals surface area contributed by atoms with Gasteiger partial charge in [0.25, 0.3) is 5.91 Å². The normalized spacial score (nSPS) is 16.8. The van der Waals surface area contributed by atoms with E-state index in [4.69, 9.17) is 26.2 Å². The van der Waals surface area contributed by atoms with Crippen molar-refractivity contribution in [3.8, 4) is 11.5 Å². The summed E-state index contributed by atoms with van der Waals surface area (Å²) in [4.78, 5) is 23.7. The Morgan fingerprint density at radius 3 is 2.65 bits per heavy atom. The van der Waals surface area contributed by atoms with Crippen LogP contribution in [-0.4, -0.2) is 35.7 Å². The van der Waals surface area contributed by atoms with Crippen LogP contribution in [0.15, 0.2) is 41.3 Å². The number of aryl methyl sites for hydroxylation is 1. The molecule has 3 rings (SSSR count). The number of halogens is 1. The van der Waals surface area contributed by atoms with Crippen molar-refractivity contribution in [1.82, 2.24) is 5.32 Å². The zero-order chi connectivity index (χ0) is 22.4. The highest BCUT2D eigenvalue weighted by atomic mass is 35.5. The second-order valence-electron chi connectivity index (χ2n) is 6.62. The predicted octanol–water partition coefficient (Wildman–Crippen LogP) is 4.36. The smallest absolute Gasteiger partial charge is 0.341 e. The molecule has 0 radical (unpaired) electrons. The molecule has 1 fully saturated rings. The molecule has 0 spiro atoms. The van der Waals surface area contributed by atoms with Crippen molar-refractivity contribution in [3.05, 3.63) is 57.5 Å². The van der Waals surface area contributed by atoms with E-state index < -0.39 is 12.6 Å². The van der Waals surface area contributed by atoms with E-state index in [-0.39, 0.29) is 22.2 Å². The van der Waals surface area contributed by atoms with E-state index in [0.717, 1.165) is 12.1 Å². The van der Waals surface area contributed by atoms with E-state index in [2.05, 4.69) is 17.6 Å². The Bertz CT molecular complexity index is 994. The monoisotopic (exact) mass is 462 g/mol. The van der Waals surface area contributed by atoms with Crippen molar-refractivity contribution in [1.29, 1.82) is 0 Å². The molecule has 2 aromatic carbocycles. The Labute approximate surface area is 189 Å². The van der Waals surface area contributed by atoms with Crippen LogP contribution in [0.2, 0.25) is 5.02 Å². The second-order valence-corrected chi connectivity index (χ2v) is 8.17. The first-order valence-electron chi connectivity index (χ1n) is 9.75. The molecule has 1 atom stereocenters. The molecule has 31 heavy (non-hydrogen) atoms. The van der Waals surface area contributed by atoms with Gasteiger partial charge in [-0.2, -0.15) is 0 Å². The third-order valence-electron chi connectivity index (χ3n) is 4.36. The van der Waals surface area contributed by atoms with Gasteiger partial charge < -0.3 is 25.2 Å². The number of carbonyl (C=O) groups excluding carboxylic acids is 1. The molecule has 1 aliphatic rings. The van der Waals surface area contributed by atoms with Crippen LogP contribution in [0.5, 0.6) is 11.5 Å². The molecule has 3 N–H and O–H groups in total. The summed E-state index contributed by atoms with van der Waals surface area (Å²) >= 11 is 7.65. The Morgan fingerprint density at radius 1 is 1.26 bits per heavy atom. The summed E-state index contributed by atoms with van der Waals surface area (Å²) in [6.07, 6.45) is 2.67. The fourth-order valence-corrected chi connectivity index (χ4v) is 4.17. The predicted molar refractivity (Wildman–Crippen MR) is 123 cm³/mol. The molecule has 0 unspecified atom stereocenters. The third kappa shape index (κ3) is 6.08. The lowest BCUT2D eigenvalue weighted by molar-refractivity contribution is -0.139. The number of carboxylic acids is 1. The van der Waals surface area contributed by atoms with Gasteiger partial charge in [0.05, 0.1) is 16.5 Å². The maximum absolute atomic E-state index is 12.4. The maximum atomic E-state index is 12.4. The van der Waals surface area contributed by atoms with Gasteiger partial charge in [-0.3, -0.25) is 4.79 Å². The molecule has 0 aromatic heterocycles. The number of hydrogen-bond acceptors (Lipinski definition) is 6. The van der Waals surface area contributed by atoms with Crippen molar-refractivity contribution < 1.29 is 24.2 Å².